The van der Waals surface area contributed by atoms with E-state index in [0.29, 0.717) is 39.5 Å². The van der Waals surface area contributed by atoms with E-state index >= 15 is 0 Å². The van der Waals surface area contributed by atoms with Crippen molar-refractivity contribution in [1.29, 1.82) is 0 Å². The van der Waals surface area contributed by atoms with Crippen molar-refractivity contribution in [3.8, 4) is 10.4 Å². The Labute approximate surface area is 274 Å². The van der Waals surface area contributed by atoms with Crippen LogP contribution in [0.5, 0.6) is 0 Å². The van der Waals surface area contributed by atoms with E-state index in [1.165, 1.54) is 4.90 Å². The minimum absolute atomic E-state index is 0.0219. The van der Waals surface area contributed by atoms with Gasteiger partial charge in [-0.25, -0.2) is 4.98 Å². The maximum Gasteiger partial charge on any atom is 0.246 e. The van der Waals surface area contributed by atoms with E-state index in [9.17, 15) is 24.3 Å². The predicted octanol–water partition coefficient (Wildman–Crippen LogP) is 1.12. The van der Waals surface area contributed by atoms with Crippen molar-refractivity contribution in [2.75, 3.05) is 46.1 Å². The van der Waals surface area contributed by atoms with Crippen molar-refractivity contribution < 1.29 is 33.8 Å². The molecule has 1 aromatic heterocycles. The summed E-state index contributed by atoms with van der Waals surface area (Å²) in [5.41, 5.74) is 9.35. The number of aromatic nitrogens is 1. The Morgan fingerprint density at radius 3 is 2.35 bits per heavy atom. The van der Waals surface area contributed by atoms with Crippen molar-refractivity contribution in [3.63, 3.8) is 0 Å². The molecule has 0 aliphatic carbocycles. The molecule has 2 heterocycles. The second-order valence-corrected chi connectivity index (χ2v) is 13.2. The van der Waals surface area contributed by atoms with Crippen LogP contribution in [0.4, 0.5) is 0 Å². The largest absolute Gasteiger partial charge is 0.391 e. The first-order valence-corrected chi connectivity index (χ1v) is 16.5. The summed E-state index contributed by atoms with van der Waals surface area (Å²) in [5, 5.41) is 18.8. The summed E-state index contributed by atoms with van der Waals surface area (Å²) in [6.07, 6.45) is -0.956. The van der Waals surface area contributed by atoms with Gasteiger partial charge in [-0.05, 0) is 23.5 Å². The van der Waals surface area contributed by atoms with Crippen LogP contribution < -0.4 is 21.7 Å². The zero-order valence-corrected chi connectivity index (χ0v) is 28.0. The molecule has 0 bridgehead atoms. The summed E-state index contributed by atoms with van der Waals surface area (Å²) < 4.78 is 10.6. The van der Waals surface area contributed by atoms with Crippen molar-refractivity contribution in [2.24, 2.45) is 11.1 Å². The fraction of sp³-hybridized carbons (Fsp3) is 0.594. The number of carbonyl (C=O) groups is 4. The number of likely N-dealkylation sites (tertiary alicyclic amines) is 1. The Morgan fingerprint density at radius 1 is 1.04 bits per heavy atom. The van der Waals surface area contributed by atoms with Crippen LogP contribution >= 0.6 is 11.3 Å². The van der Waals surface area contributed by atoms with E-state index in [4.69, 9.17) is 15.2 Å². The number of carbonyl (C=O) groups excluding carboxylic acids is 4. The van der Waals surface area contributed by atoms with E-state index in [1.54, 1.807) is 16.8 Å². The molecule has 2 aromatic rings. The lowest BCUT2D eigenvalue weighted by atomic mass is 9.85. The molecule has 3 rings (SSSR count). The number of hydrogen-bond donors (Lipinski definition) is 5. The third-order valence-corrected chi connectivity index (χ3v) is 8.47. The van der Waals surface area contributed by atoms with Crippen LogP contribution in [0.25, 0.3) is 10.4 Å². The maximum atomic E-state index is 13.8. The zero-order chi connectivity index (χ0) is 33.7. The van der Waals surface area contributed by atoms with Gasteiger partial charge in [0.05, 0.1) is 48.6 Å². The van der Waals surface area contributed by atoms with Gasteiger partial charge in [-0.3, -0.25) is 19.2 Å². The Morgan fingerprint density at radius 2 is 1.72 bits per heavy atom. The summed E-state index contributed by atoms with van der Waals surface area (Å²) in [5.74, 6) is -1.62. The zero-order valence-electron chi connectivity index (χ0n) is 27.2. The quantitative estimate of drug-likeness (QED) is 0.155. The molecule has 1 aliphatic heterocycles. The molecule has 3 unspecified atom stereocenters. The van der Waals surface area contributed by atoms with Gasteiger partial charge in [0.1, 0.15) is 12.1 Å². The second kappa shape index (κ2) is 18.0. The molecule has 0 spiro atoms. The summed E-state index contributed by atoms with van der Waals surface area (Å²) in [6.45, 7) is 9.93. The molecule has 46 heavy (non-hydrogen) atoms. The molecule has 1 saturated heterocycles. The highest BCUT2D eigenvalue weighted by atomic mass is 32.1. The molecule has 254 valence electrons. The maximum absolute atomic E-state index is 13.8. The minimum Gasteiger partial charge on any atom is -0.391 e. The van der Waals surface area contributed by atoms with Gasteiger partial charge in [-0.2, -0.15) is 0 Å². The first-order chi connectivity index (χ1) is 21.9. The number of hydrogen-bond acceptors (Lipinski definition) is 10. The number of amides is 4. The monoisotopic (exact) mass is 660 g/mol. The smallest absolute Gasteiger partial charge is 0.246 e. The Balaban J connectivity index is 1.50. The number of ether oxygens (including phenoxy) is 2. The van der Waals surface area contributed by atoms with Crippen LogP contribution in [0, 0.1) is 12.3 Å². The number of aryl methyl sites for hydroxylation is 1. The van der Waals surface area contributed by atoms with Crippen LogP contribution in [0.1, 0.15) is 51.3 Å². The van der Waals surface area contributed by atoms with Crippen molar-refractivity contribution in [1.82, 2.24) is 25.8 Å². The highest BCUT2D eigenvalue weighted by Gasteiger charge is 2.44. The fourth-order valence-corrected chi connectivity index (χ4v) is 5.81. The normalized spacial score (nSPS) is 17.0. The summed E-state index contributed by atoms with van der Waals surface area (Å²) in [6, 6.07) is 5.97. The van der Waals surface area contributed by atoms with Crippen molar-refractivity contribution >= 4 is 35.0 Å². The summed E-state index contributed by atoms with van der Waals surface area (Å²) in [4.78, 5) is 58.8. The molecule has 3 atom stereocenters. The van der Waals surface area contributed by atoms with Gasteiger partial charge in [0, 0.05) is 45.4 Å². The number of benzene rings is 1. The molecule has 6 N–H and O–H groups in total. The SMILES string of the molecule is Cc1ncsc1-c1ccc(CNC(=O)C2CC(O)CN2C(=O)C(NC(=O)CCC(=O)NCCOCCOCCN)C(C)(C)C)cc1. The van der Waals surface area contributed by atoms with Gasteiger partial charge < -0.3 is 41.2 Å². The van der Waals surface area contributed by atoms with E-state index in [0.717, 1.165) is 21.7 Å². The van der Waals surface area contributed by atoms with Crippen LogP contribution in [-0.2, 0) is 35.2 Å². The third-order valence-electron chi connectivity index (χ3n) is 7.49. The molecule has 0 saturated carbocycles. The predicted molar refractivity (Wildman–Crippen MR) is 175 cm³/mol. The average molecular weight is 661 g/mol. The topological polar surface area (TPSA) is 185 Å². The third kappa shape index (κ3) is 11.4. The summed E-state index contributed by atoms with van der Waals surface area (Å²) >= 11 is 1.57. The molecular formula is C32H48N6O7S. The lowest BCUT2D eigenvalue weighted by Gasteiger charge is -2.35. The van der Waals surface area contributed by atoms with Crippen molar-refractivity contribution in [2.45, 2.75) is 71.7 Å². The molecule has 1 aliphatic rings. The Kier molecular flexibility index (Phi) is 14.5. The number of nitrogens with two attached hydrogens (primary N) is 1. The van der Waals surface area contributed by atoms with Gasteiger partial charge in [0.25, 0.3) is 0 Å². The highest BCUT2D eigenvalue weighted by Crippen LogP contribution is 2.28. The van der Waals surface area contributed by atoms with Gasteiger partial charge in [0.2, 0.25) is 23.6 Å². The summed E-state index contributed by atoms with van der Waals surface area (Å²) in [7, 11) is 0. The van der Waals surface area contributed by atoms with E-state index in [1.807, 2.05) is 52.0 Å². The lowest BCUT2D eigenvalue weighted by Crippen LogP contribution is -2.57. The average Bonchev–Trinajstić information content (AvgIpc) is 3.63. The van der Waals surface area contributed by atoms with Gasteiger partial charge in [0.15, 0.2) is 0 Å². The number of thiazole rings is 1. The Bertz CT molecular complexity index is 1300. The highest BCUT2D eigenvalue weighted by molar-refractivity contribution is 7.13. The van der Waals surface area contributed by atoms with Crippen LogP contribution in [0.3, 0.4) is 0 Å². The number of nitrogens with zero attached hydrogens (tertiary/aromatic N) is 2. The molecule has 1 aromatic carbocycles. The molecular weight excluding hydrogens is 612 g/mol. The molecule has 1 fully saturated rings. The number of nitrogens with one attached hydrogen (secondary N) is 3. The first kappa shape index (κ1) is 37.0. The van der Waals surface area contributed by atoms with E-state index in [2.05, 4.69) is 20.9 Å². The molecule has 13 nitrogen and oxygen atoms in total. The lowest BCUT2D eigenvalue weighted by molar-refractivity contribution is -0.144. The van der Waals surface area contributed by atoms with Crippen LogP contribution in [-0.4, -0.2) is 103 Å². The van der Waals surface area contributed by atoms with Crippen LogP contribution in [0.15, 0.2) is 29.8 Å². The fourth-order valence-electron chi connectivity index (χ4n) is 5.00. The molecule has 4 amide bonds. The van der Waals surface area contributed by atoms with Gasteiger partial charge >= 0.3 is 0 Å². The second-order valence-electron chi connectivity index (χ2n) is 12.3. The number of aliphatic hydroxyl groups excluding tert-OH is 1. The first-order valence-electron chi connectivity index (χ1n) is 15.6. The number of β-amino-alcohol motifs (C(OH)–C–C–N with tert-alkyl or cyclic N) is 1. The van der Waals surface area contributed by atoms with E-state index < -0.39 is 35.4 Å². The van der Waals surface area contributed by atoms with E-state index in [-0.39, 0.29) is 44.2 Å². The van der Waals surface area contributed by atoms with Gasteiger partial charge in [-0.15, -0.1) is 11.3 Å². The number of rotatable bonds is 17. The minimum atomic E-state index is -0.971. The molecule has 14 heteroatoms. The van der Waals surface area contributed by atoms with Crippen LogP contribution in [0.2, 0.25) is 0 Å². The number of aliphatic hydroxyl groups is 1. The standard InChI is InChI=1S/C32H48N6O7S/c1-21-28(46-20-36-21)23-7-5-22(6-8-23)18-35-30(42)25-17-24(39)19-38(25)31(43)29(32(2,3)4)37-27(41)10-9-26(40)34-12-14-45-16-15-44-13-11-33/h5-8,20,24-25,29,39H,9-19,33H2,1-4H3,(H,34,40)(H,35,42)(H,37,41). The van der Waals surface area contributed by atoms with Gasteiger partial charge in [-0.1, -0.05) is 45.0 Å². The molecule has 0 radical (unpaired) electrons. The Hall–Kier alpha value is -3.43. The van der Waals surface area contributed by atoms with Crippen molar-refractivity contribution in [3.05, 3.63) is 41.0 Å².